The molecule has 2 rings (SSSR count). The molecule has 0 aromatic heterocycles. The van der Waals surface area contributed by atoms with Crippen molar-refractivity contribution in [2.45, 2.75) is 18.7 Å². The third kappa shape index (κ3) is 5.03. The summed E-state index contributed by atoms with van der Waals surface area (Å²) in [4.78, 5) is 11.8. The maximum Gasteiger partial charge on any atom is 0.341 e. The van der Waals surface area contributed by atoms with Gasteiger partial charge in [0.1, 0.15) is 24.8 Å². The number of aryl methyl sites for hydroxylation is 2. The SMILES string of the molecule is CNS(=O)(=O)c1ccc(F)c(C(=O)OCCOc2cc(C)cc(C)c2)c1. The predicted molar refractivity (Wildman–Crippen MR) is 94.3 cm³/mol. The van der Waals surface area contributed by atoms with Gasteiger partial charge in [-0.1, -0.05) is 6.07 Å². The normalized spacial score (nSPS) is 11.2. The molecule has 1 N–H and O–H groups in total. The number of halogens is 1. The monoisotopic (exact) mass is 381 g/mol. The fraction of sp³-hybridized carbons (Fsp3) is 0.278. The van der Waals surface area contributed by atoms with Crippen molar-refractivity contribution < 1.29 is 27.1 Å². The highest BCUT2D eigenvalue weighted by Crippen LogP contribution is 2.17. The van der Waals surface area contributed by atoms with Gasteiger partial charge in [0.05, 0.1) is 10.5 Å². The lowest BCUT2D eigenvalue weighted by atomic mass is 10.1. The van der Waals surface area contributed by atoms with Gasteiger partial charge in [-0.15, -0.1) is 0 Å². The molecule has 140 valence electrons. The van der Waals surface area contributed by atoms with Gasteiger partial charge in [-0.25, -0.2) is 22.3 Å². The quantitative estimate of drug-likeness (QED) is 0.589. The number of esters is 1. The molecule has 0 unspecified atom stereocenters. The molecule has 0 aliphatic rings. The van der Waals surface area contributed by atoms with E-state index in [4.69, 9.17) is 9.47 Å². The second kappa shape index (κ2) is 8.29. The molecule has 0 radical (unpaired) electrons. The summed E-state index contributed by atoms with van der Waals surface area (Å²) in [6.45, 7) is 3.86. The van der Waals surface area contributed by atoms with Crippen LogP contribution in [-0.4, -0.2) is 34.6 Å². The molecule has 0 bridgehead atoms. The Labute approximate surface area is 152 Å². The van der Waals surface area contributed by atoms with E-state index in [1.807, 2.05) is 32.0 Å². The maximum atomic E-state index is 13.8. The molecule has 26 heavy (non-hydrogen) atoms. The molecule has 6 nitrogen and oxygen atoms in total. The van der Waals surface area contributed by atoms with Crippen molar-refractivity contribution in [3.05, 3.63) is 58.9 Å². The van der Waals surface area contributed by atoms with Crippen molar-refractivity contribution in [2.75, 3.05) is 20.3 Å². The first-order valence-corrected chi connectivity index (χ1v) is 9.32. The van der Waals surface area contributed by atoms with Crippen molar-refractivity contribution >= 4 is 16.0 Å². The Morgan fingerprint density at radius 2 is 1.73 bits per heavy atom. The molecule has 0 aliphatic heterocycles. The van der Waals surface area contributed by atoms with Crippen molar-refractivity contribution in [1.82, 2.24) is 4.72 Å². The summed E-state index contributed by atoms with van der Waals surface area (Å²) in [6, 6.07) is 8.62. The first kappa shape index (κ1) is 19.9. The number of rotatable bonds is 7. The van der Waals surface area contributed by atoms with Gasteiger partial charge >= 0.3 is 5.97 Å². The summed E-state index contributed by atoms with van der Waals surface area (Å²) in [5.41, 5.74) is 1.64. The van der Waals surface area contributed by atoms with E-state index in [1.54, 1.807) is 0 Å². The van der Waals surface area contributed by atoms with E-state index in [1.165, 1.54) is 7.05 Å². The van der Waals surface area contributed by atoms with Crippen molar-refractivity contribution in [2.24, 2.45) is 0 Å². The van der Waals surface area contributed by atoms with Crippen LogP contribution in [0, 0.1) is 19.7 Å². The molecular weight excluding hydrogens is 361 g/mol. The Morgan fingerprint density at radius 3 is 2.35 bits per heavy atom. The van der Waals surface area contributed by atoms with Gasteiger partial charge in [-0.2, -0.15) is 0 Å². The Morgan fingerprint density at radius 1 is 1.08 bits per heavy atom. The van der Waals surface area contributed by atoms with Crippen LogP contribution in [0.2, 0.25) is 0 Å². The standard InChI is InChI=1S/C18H20FNO5S/c1-12-8-13(2)10-14(9-12)24-6-7-25-18(21)16-11-15(4-5-17(16)19)26(22,23)20-3/h4-5,8-11,20H,6-7H2,1-3H3. The third-order valence-corrected chi connectivity index (χ3v) is 4.93. The summed E-state index contributed by atoms with van der Waals surface area (Å²) in [7, 11) is -2.57. The van der Waals surface area contributed by atoms with Crippen LogP contribution in [0.5, 0.6) is 5.75 Å². The summed E-state index contributed by atoms with van der Waals surface area (Å²) in [5, 5.41) is 0. The summed E-state index contributed by atoms with van der Waals surface area (Å²) in [6.07, 6.45) is 0. The zero-order valence-electron chi connectivity index (χ0n) is 14.7. The van der Waals surface area contributed by atoms with E-state index < -0.39 is 27.4 Å². The van der Waals surface area contributed by atoms with Crippen LogP contribution in [0.15, 0.2) is 41.3 Å². The van der Waals surface area contributed by atoms with Gasteiger partial charge in [-0.3, -0.25) is 0 Å². The molecule has 2 aromatic rings. The zero-order chi connectivity index (χ0) is 19.3. The van der Waals surface area contributed by atoms with E-state index in [0.717, 1.165) is 29.3 Å². The number of hydrogen-bond donors (Lipinski definition) is 1. The fourth-order valence-electron chi connectivity index (χ4n) is 2.33. The van der Waals surface area contributed by atoms with Crippen molar-refractivity contribution in [3.63, 3.8) is 0 Å². The van der Waals surface area contributed by atoms with Gasteiger partial charge in [-0.05, 0) is 62.4 Å². The molecule has 0 amide bonds. The highest BCUT2D eigenvalue weighted by molar-refractivity contribution is 7.89. The maximum absolute atomic E-state index is 13.8. The minimum absolute atomic E-state index is 0.0881. The van der Waals surface area contributed by atoms with Crippen LogP contribution in [0.1, 0.15) is 21.5 Å². The van der Waals surface area contributed by atoms with Crippen LogP contribution >= 0.6 is 0 Å². The summed E-state index contributed by atoms with van der Waals surface area (Å²) >= 11 is 0. The zero-order valence-corrected chi connectivity index (χ0v) is 15.5. The second-order valence-corrected chi connectivity index (χ2v) is 7.54. The Hall–Kier alpha value is -2.45. The molecule has 8 heteroatoms. The predicted octanol–water partition coefficient (Wildman–Crippen LogP) is 2.59. The molecule has 0 saturated carbocycles. The molecule has 0 heterocycles. The number of ether oxygens (including phenoxy) is 2. The van der Waals surface area contributed by atoms with Crippen LogP contribution in [0.25, 0.3) is 0 Å². The minimum atomic E-state index is -3.79. The first-order chi connectivity index (χ1) is 12.2. The average molecular weight is 381 g/mol. The van der Waals surface area contributed by atoms with Crippen LogP contribution in [0.3, 0.4) is 0 Å². The molecule has 2 aromatic carbocycles. The van der Waals surface area contributed by atoms with Gasteiger partial charge < -0.3 is 9.47 Å². The number of hydrogen-bond acceptors (Lipinski definition) is 5. The lowest BCUT2D eigenvalue weighted by Gasteiger charge is -2.10. The molecule has 0 atom stereocenters. The van der Waals surface area contributed by atoms with Crippen LogP contribution in [0.4, 0.5) is 4.39 Å². The van der Waals surface area contributed by atoms with E-state index in [2.05, 4.69) is 4.72 Å². The van der Waals surface area contributed by atoms with Gasteiger partial charge in [0.15, 0.2) is 0 Å². The highest BCUT2D eigenvalue weighted by Gasteiger charge is 2.19. The van der Waals surface area contributed by atoms with Gasteiger partial charge in [0, 0.05) is 0 Å². The number of carbonyl (C=O) groups excluding carboxylic acids is 1. The van der Waals surface area contributed by atoms with Gasteiger partial charge in [0.25, 0.3) is 0 Å². The smallest absolute Gasteiger partial charge is 0.341 e. The number of benzene rings is 2. The van der Waals surface area contributed by atoms with Gasteiger partial charge in [0.2, 0.25) is 10.0 Å². The van der Waals surface area contributed by atoms with E-state index in [0.29, 0.717) is 5.75 Å². The van der Waals surface area contributed by atoms with E-state index >= 15 is 0 Å². The van der Waals surface area contributed by atoms with Crippen molar-refractivity contribution in [1.29, 1.82) is 0 Å². The van der Waals surface area contributed by atoms with Crippen LogP contribution < -0.4 is 9.46 Å². The summed E-state index contributed by atoms with van der Waals surface area (Å²) in [5.74, 6) is -1.17. The Bertz CT molecular complexity index is 892. The number of sulfonamides is 1. The Balaban J connectivity index is 1.98. The molecule has 0 aliphatic carbocycles. The summed E-state index contributed by atoms with van der Waals surface area (Å²) < 4.78 is 49.9. The number of nitrogens with one attached hydrogen (secondary N) is 1. The average Bonchev–Trinajstić information content (AvgIpc) is 2.58. The fourth-order valence-corrected chi connectivity index (χ4v) is 3.09. The third-order valence-electron chi connectivity index (χ3n) is 3.52. The lowest BCUT2D eigenvalue weighted by Crippen LogP contribution is -2.20. The lowest BCUT2D eigenvalue weighted by molar-refractivity contribution is 0.0445. The number of carbonyl (C=O) groups is 1. The second-order valence-electron chi connectivity index (χ2n) is 5.66. The molecule has 0 fully saturated rings. The minimum Gasteiger partial charge on any atom is -0.490 e. The largest absolute Gasteiger partial charge is 0.490 e. The van der Waals surface area contributed by atoms with E-state index in [9.17, 15) is 17.6 Å². The highest BCUT2D eigenvalue weighted by atomic mass is 32.2. The van der Waals surface area contributed by atoms with Crippen molar-refractivity contribution in [3.8, 4) is 5.75 Å². The van der Waals surface area contributed by atoms with Crippen LogP contribution in [-0.2, 0) is 14.8 Å². The molecule has 0 saturated heterocycles. The topological polar surface area (TPSA) is 81.7 Å². The molecular formula is C18H20FNO5S. The van der Waals surface area contributed by atoms with E-state index in [-0.39, 0.29) is 18.1 Å². The Kier molecular flexibility index (Phi) is 6.33. The molecule has 0 spiro atoms. The first-order valence-electron chi connectivity index (χ1n) is 7.84.